The summed E-state index contributed by atoms with van der Waals surface area (Å²) in [6.07, 6.45) is 3.08. The van der Waals surface area contributed by atoms with Crippen LogP contribution in [0.5, 0.6) is 0 Å². The average molecular weight is 435 g/mol. The van der Waals surface area contributed by atoms with Crippen LogP contribution in [0.25, 0.3) is 0 Å². The summed E-state index contributed by atoms with van der Waals surface area (Å²) in [7, 11) is 0. The van der Waals surface area contributed by atoms with Crippen molar-refractivity contribution in [1.82, 2.24) is 15.1 Å². The van der Waals surface area contributed by atoms with Gasteiger partial charge in [-0.1, -0.05) is 6.92 Å². The lowest BCUT2D eigenvalue weighted by atomic mass is 9.97. The summed E-state index contributed by atoms with van der Waals surface area (Å²) in [6.45, 7) is 4.12. The van der Waals surface area contributed by atoms with Gasteiger partial charge in [0.1, 0.15) is 28.9 Å². The molecule has 0 aromatic heterocycles. The fourth-order valence-corrected chi connectivity index (χ4v) is 4.49. The molecule has 3 aliphatic rings. The van der Waals surface area contributed by atoms with Crippen molar-refractivity contribution in [2.75, 3.05) is 6.54 Å². The highest BCUT2D eigenvalue weighted by molar-refractivity contribution is 5.98. The van der Waals surface area contributed by atoms with E-state index in [9.17, 15) is 27.9 Å². The Kier molecular flexibility index (Phi) is 5.45. The third kappa shape index (κ3) is 3.77. The smallest absolute Gasteiger partial charge is 0.274 e. The number of benzene rings is 1. The van der Waals surface area contributed by atoms with E-state index in [0.717, 1.165) is 12.8 Å². The number of carbonyl (C=O) groups excluding carboxylic acids is 2. The van der Waals surface area contributed by atoms with Crippen molar-refractivity contribution < 1.29 is 27.9 Å². The predicted octanol–water partition coefficient (Wildman–Crippen LogP) is 3.11. The third-order valence-corrected chi connectivity index (χ3v) is 6.54. The number of piperazine rings is 1. The van der Waals surface area contributed by atoms with Gasteiger partial charge in [-0.2, -0.15) is 0 Å². The van der Waals surface area contributed by atoms with E-state index in [1.54, 1.807) is 16.0 Å². The minimum absolute atomic E-state index is 0.0501. The van der Waals surface area contributed by atoms with Crippen molar-refractivity contribution >= 4 is 11.8 Å². The Morgan fingerprint density at radius 2 is 1.87 bits per heavy atom. The van der Waals surface area contributed by atoms with Crippen LogP contribution in [0.3, 0.4) is 0 Å². The molecule has 6 nitrogen and oxygen atoms in total. The molecule has 166 valence electrons. The Morgan fingerprint density at radius 1 is 1.19 bits per heavy atom. The molecule has 3 aliphatic heterocycles. The molecule has 2 N–H and O–H groups in total. The van der Waals surface area contributed by atoms with E-state index in [2.05, 4.69) is 12.2 Å². The predicted molar refractivity (Wildman–Crippen MR) is 106 cm³/mol. The van der Waals surface area contributed by atoms with Crippen molar-refractivity contribution in [3.63, 3.8) is 0 Å². The fraction of sp³-hybridized carbons (Fsp3) is 0.455. The van der Waals surface area contributed by atoms with Gasteiger partial charge in [0.05, 0.1) is 6.04 Å². The van der Waals surface area contributed by atoms with Crippen LogP contribution >= 0.6 is 0 Å². The van der Waals surface area contributed by atoms with Crippen LogP contribution in [0.4, 0.5) is 13.2 Å². The molecule has 0 aliphatic carbocycles. The van der Waals surface area contributed by atoms with Gasteiger partial charge in [0.15, 0.2) is 0 Å². The molecule has 0 unspecified atom stereocenters. The number of nitrogens with one attached hydrogen (secondary N) is 1. The van der Waals surface area contributed by atoms with Crippen molar-refractivity contribution in [2.45, 2.75) is 51.7 Å². The van der Waals surface area contributed by atoms with Gasteiger partial charge in [0.2, 0.25) is 5.91 Å². The van der Waals surface area contributed by atoms with Gasteiger partial charge < -0.3 is 20.2 Å². The highest BCUT2D eigenvalue weighted by Crippen LogP contribution is 2.37. The SMILES string of the molecule is C[C@@H]1CC[C@H]2CN(C(=O)C3=C(O)CC(C(=O)NCc4c(F)cc(F)cc4F)=CN32)[C@H]1C. The molecule has 3 heterocycles. The van der Waals surface area contributed by atoms with Crippen LogP contribution in [0, 0.1) is 23.4 Å². The van der Waals surface area contributed by atoms with Crippen LogP contribution in [0.2, 0.25) is 0 Å². The summed E-state index contributed by atoms with van der Waals surface area (Å²) in [5.74, 6) is -4.01. The summed E-state index contributed by atoms with van der Waals surface area (Å²) in [4.78, 5) is 29.1. The quantitative estimate of drug-likeness (QED) is 0.766. The number of rotatable bonds is 3. The molecule has 2 amide bonds. The van der Waals surface area contributed by atoms with Gasteiger partial charge in [0, 0.05) is 55.0 Å². The first-order valence-electron chi connectivity index (χ1n) is 10.3. The van der Waals surface area contributed by atoms with Crippen molar-refractivity contribution in [3.05, 3.63) is 58.4 Å². The second-order valence-electron chi connectivity index (χ2n) is 8.47. The van der Waals surface area contributed by atoms with Gasteiger partial charge in [-0.05, 0) is 25.7 Å². The van der Waals surface area contributed by atoms with Crippen LogP contribution in [-0.2, 0) is 16.1 Å². The number of fused-ring (bicyclic) bond motifs is 4. The van der Waals surface area contributed by atoms with Crippen LogP contribution in [0.15, 0.2) is 35.4 Å². The molecular formula is C22H24F3N3O3. The number of hydrogen-bond donors (Lipinski definition) is 2. The van der Waals surface area contributed by atoms with E-state index in [4.69, 9.17) is 0 Å². The topological polar surface area (TPSA) is 72.9 Å². The number of hydrogen-bond acceptors (Lipinski definition) is 4. The Morgan fingerprint density at radius 3 is 2.55 bits per heavy atom. The molecule has 1 aromatic carbocycles. The molecule has 31 heavy (non-hydrogen) atoms. The van der Waals surface area contributed by atoms with Gasteiger partial charge >= 0.3 is 0 Å². The Balaban J connectivity index is 1.54. The molecular weight excluding hydrogens is 411 g/mol. The zero-order chi connectivity index (χ0) is 22.4. The Bertz CT molecular complexity index is 984. The average Bonchev–Trinajstić information content (AvgIpc) is 2.83. The van der Waals surface area contributed by atoms with Gasteiger partial charge in [-0.25, -0.2) is 13.2 Å². The summed E-state index contributed by atoms with van der Waals surface area (Å²) in [5.41, 5.74) is -0.0951. The van der Waals surface area contributed by atoms with Crippen molar-refractivity contribution in [1.29, 1.82) is 0 Å². The Labute approximate surface area is 178 Å². The zero-order valence-corrected chi connectivity index (χ0v) is 17.3. The first-order valence-corrected chi connectivity index (χ1v) is 10.3. The molecule has 9 heteroatoms. The number of nitrogens with zero attached hydrogens (tertiary/aromatic N) is 2. The second kappa shape index (κ2) is 7.94. The van der Waals surface area contributed by atoms with Crippen LogP contribution < -0.4 is 5.32 Å². The number of aliphatic hydroxyl groups is 1. The monoisotopic (exact) mass is 435 g/mol. The molecule has 2 saturated heterocycles. The number of halogens is 3. The van der Waals surface area contributed by atoms with E-state index in [-0.39, 0.29) is 41.4 Å². The largest absolute Gasteiger partial charge is 0.510 e. The Hall–Kier alpha value is -2.97. The molecule has 2 fully saturated rings. The highest BCUT2D eigenvalue weighted by Gasteiger charge is 2.44. The summed E-state index contributed by atoms with van der Waals surface area (Å²) < 4.78 is 40.7. The molecule has 0 spiro atoms. The lowest BCUT2D eigenvalue weighted by Crippen LogP contribution is -2.56. The lowest BCUT2D eigenvalue weighted by molar-refractivity contribution is -0.135. The second-order valence-corrected chi connectivity index (χ2v) is 8.47. The van der Waals surface area contributed by atoms with Crippen LogP contribution in [-0.4, -0.2) is 45.3 Å². The summed E-state index contributed by atoms with van der Waals surface area (Å²) >= 11 is 0. The standard InChI is InChI=1S/C22H24F3N3O3/c1-11-3-4-15-10-27(12(11)2)22(31)20-19(29)5-13(9-28(15)20)21(30)26-8-16-17(24)6-14(23)7-18(16)25/h6-7,9,11-12,15,29H,3-5,8,10H2,1-2H3,(H,26,30)/t11-,12+,15+/m1/s1. The molecule has 0 saturated carbocycles. The molecule has 2 bridgehead atoms. The number of amides is 2. The number of allylic oxidation sites excluding steroid dienone is 1. The number of aliphatic hydroxyl groups excluding tert-OH is 1. The molecule has 1 aromatic rings. The first kappa shape index (κ1) is 21.3. The van der Waals surface area contributed by atoms with Gasteiger partial charge in [0.25, 0.3) is 5.91 Å². The molecule has 3 atom stereocenters. The van der Waals surface area contributed by atoms with Gasteiger partial charge in [-0.3, -0.25) is 9.59 Å². The summed E-state index contributed by atoms with van der Waals surface area (Å²) in [5, 5.41) is 13.0. The van der Waals surface area contributed by atoms with Crippen molar-refractivity contribution in [2.24, 2.45) is 5.92 Å². The molecule has 4 rings (SSSR count). The minimum atomic E-state index is -1.09. The molecule has 0 radical (unpaired) electrons. The zero-order valence-electron chi connectivity index (χ0n) is 17.3. The minimum Gasteiger partial charge on any atom is -0.510 e. The van der Waals surface area contributed by atoms with Crippen molar-refractivity contribution in [3.8, 4) is 0 Å². The van der Waals surface area contributed by atoms with E-state index < -0.39 is 35.5 Å². The highest BCUT2D eigenvalue weighted by atomic mass is 19.1. The summed E-state index contributed by atoms with van der Waals surface area (Å²) in [6, 6.07) is 1.07. The maximum atomic E-state index is 13.8. The van der Waals surface area contributed by atoms with E-state index in [0.29, 0.717) is 24.6 Å². The maximum Gasteiger partial charge on any atom is 0.274 e. The van der Waals surface area contributed by atoms with E-state index >= 15 is 0 Å². The van der Waals surface area contributed by atoms with Gasteiger partial charge in [-0.15, -0.1) is 0 Å². The van der Waals surface area contributed by atoms with E-state index in [1.807, 2.05) is 6.92 Å². The third-order valence-electron chi connectivity index (χ3n) is 6.54. The van der Waals surface area contributed by atoms with E-state index in [1.165, 1.54) is 0 Å². The van der Waals surface area contributed by atoms with Crippen LogP contribution in [0.1, 0.15) is 38.7 Å². The first-order chi connectivity index (χ1) is 14.7. The lowest BCUT2D eigenvalue weighted by Gasteiger charge is -2.44. The normalized spacial score (nSPS) is 25.8. The number of carbonyl (C=O) groups is 2. The fourth-order valence-electron chi connectivity index (χ4n) is 4.49. The maximum absolute atomic E-state index is 13.8.